The largest absolute Gasteiger partial charge is 0.543 e. The number of benzene rings is 2. The molecule has 0 amide bonds. The molecule has 2 nitrogen and oxygen atoms in total. The maximum Gasteiger partial charge on any atom is 0.250 e. The van der Waals surface area contributed by atoms with Gasteiger partial charge >= 0.3 is 0 Å². The SMILES string of the molecule is CC(C)(C)[Si](C)(C)Oc1cc2c(c(O[Si](C)(C)C(C)(C)C)c1I)CCc1ccccc1-2. The fourth-order valence-corrected chi connectivity index (χ4v) is 6.59. The van der Waals surface area contributed by atoms with Crippen molar-refractivity contribution >= 4 is 39.2 Å². The zero-order valence-corrected chi connectivity index (χ0v) is 25.2. The molecule has 0 saturated carbocycles. The van der Waals surface area contributed by atoms with Crippen LogP contribution in [0.25, 0.3) is 11.1 Å². The molecule has 2 aromatic carbocycles. The first-order valence-electron chi connectivity index (χ1n) is 11.4. The summed E-state index contributed by atoms with van der Waals surface area (Å²) in [4.78, 5) is 0. The predicted octanol–water partition coefficient (Wildman–Crippen LogP) is 8.82. The molecular formula is C26H39IO2Si2. The van der Waals surface area contributed by atoms with Crippen molar-refractivity contribution in [2.24, 2.45) is 0 Å². The Kier molecular flexibility index (Phi) is 6.58. The number of aryl methyl sites for hydroxylation is 1. The molecule has 31 heavy (non-hydrogen) atoms. The van der Waals surface area contributed by atoms with E-state index in [1.165, 1.54) is 22.3 Å². The molecule has 0 saturated heterocycles. The quantitative estimate of drug-likeness (QED) is 0.272. The lowest BCUT2D eigenvalue weighted by atomic mass is 9.85. The van der Waals surface area contributed by atoms with Gasteiger partial charge in [0.15, 0.2) is 0 Å². The molecule has 0 aliphatic heterocycles. The van der Waals surface area contributed by atoms with Crippen molar-refractivity contribution in [3.05, 3.63) is 45.0 Å². The summed E-state index contributed by atoms with van der Waals surface area (Å²) in [6.45, 7) is 23.2. The Morgan fingerprint density at radius 1 is 0.774 bits per heavy atom. The van der Waals surface area contributed by atoms with Crippen LogP contribution in [0.15, 0.2) is 30.3 Å². The van der Waals surface area contributed by atoms with Gasteiger partial charge in [0.2, 0.25) is 0 Å². The van der Waals surface area contributed by atoms with Crippen molar-refractivity contribution in [1.29, 1.82) is 0 Å². The molecule has 0 N–H and O–H groups in total. The number of hydrogen-bond donors (Lipinski definition) is 0. The van der Waals surface area contributed by atoms with Gasteiger partial charge in [-0.25, -0.2) is 0 Å². The minimum absolute atomic E-state index is 0.143. The smallest absolute Gasteiger partial charge is 0.250 e. The second-order valence-corrected chi connectivity index (χ2v) is 22.5. The highest BCUT2D eigenvalue weighted by molar-refractivity contribution is 14.1. The van der Waals surface area contributed by atoms with Crippen LogP contribution < -0.4 is 8.85 Å². The van der Waals surface area contributed by atoms with Crippen molar-refractivity contribution in [3.8, 4) is 22.6 Å². The highest BCUT2D eigenvalue weighted by Gasteiger charge is 2.42. The topological polar surface area (TPSA) is 18.5 Å². The lowest BCUT2D eigenvalue weighted by Gasteiger charge is -2.40. The standard InChI is InChI=1S/C26H39IO2Si2/c1-25(2,3)30(7,8)28-22-17-21-19-14-12-11-13-18(19)15-16-20(21)24(23(22)27)29-31(9,10)26(4,5)6/h11-14,17H,15-16H2,1-10H3. The molecular weight excluding hydrogens is 527 g/mol. The maximum absolute atomic E-state index is 7.02. The maximum atomic E-state index is 7.02. The molecule has 0 unspecified atom stereocenters. The Hall–Kier alpha value is -0.796. The van der Waals surface area contributed by atoms with Crippen LogP contribution in [-0.4, -0.2) is 16.6 Å². The summed E-state index contributed by atoms with van der Waals surface area (Å²) in [7, 11) is -3.98. The molecule has 3 rings (SSSR count). The zero-order valence-electron chi connectivity index (χ0n) is 21.0. The fraction of sp³-hybridized carbons (Fsp3) is 0.538. The third-order valence-corrected chi connectivity index (χ3v) is 17.3. The normalized spacial score (nSPS) is 14.7. The minimum atomic E-state index is -2.00. The Morgan fingerprint density at radius 3 is 1.90 bits per heavy atom. The summed E-state index contributed by atoms with van der Waals surface area (Å²) in [5.74, 6) is 2.07. The number of halogens is 1. The van der Waals surface area contributed by atoms with E-state index < -0.39 is 16.6 Å². The lowest BCUT2D eigenvalue weighted by Crippen LogP contribution is -2.45. The molecule has 1 aliphatic rings. The van der Waals surface area contributed by atoms with E-state index >= 15 is 0 Å². The van der Waals surface area contributed by atoms with Crippen molar-refractivity contribution in [2.45, 2.75) is 90.6 Å². The van der Waals surface area contributed by atoms with E-state index in [0.29, 0.717) is 0 Å². The van der Waals surface area contributed by atoms with Gasteiger partial charge in [0.05, 0.1) is 3.57 Å². The molecule has 5 heteroatoms. The van der Waals surface area contributed by atoms with Gasteiger partial charge in [0, 0.05) is 5.56 Å². The van der Waals surface area contributed by atoms with Gasteiger partial charge in [-0.1, -0.05) is 65.8 Å². The van der Waals surface area contributed by atoms with E-state index in [0.717, 1.165) is 27.9 Å². The third kappa shape index (κ3) is 4.79. The first kappa shape index (κ1) is 24.8. The van der Waals surface area contributed by atoms with Gasteiger partial charge < -0.3 is 8.85 Å². The summed E-state index contributed by atoms with van der Waals surface area (Å²) in [5.41, 5.74) is 5.41. The average Bonchev–Trinajstić information content (AvgIpc) is 2.62. The summed E-state index contributed by atoms with van der Waals surface area (Å²) >= 11 is 2.48. The number of hydrogen-bond acceptors (Lipinski definition) is 2. The monoisotopic (exact) mass is 566 g/mol. The number of rotatable bonds is 4. The van der Waals surface area contributed by atoms with Crippen LogP contribution in [-0.2, 0) is 12.8 Å². The van der Waals surface area contributed by atoms with Crippen LogP contribution in [0, 0.1) is 3.57 Å². The first-order chi connectivity index (χ1) is 14.1. The van der Waals surface area contributed by atoms with Crippen LogP contribution in [0.3, 0.4) is 0 Å². The van der Waals surface area contributed by atoms with Crippen molar-refractivity contribution in [1.82, 2.24) is 0 Å². The highest BCUT2D eigenvalue weighted by atomic mass is 127. The second kappa shape index (κ2) is 8.21. The van der Waals surface area contributed by atoms with Crippen LogP contribution in [0.5, 0.6) is 11.5 Å². The van der Waals surface area contributed by atoms with Gasteiger partial charge in [-0.15, -0.1) is 0 Å². The Labute approximate surface area is 205 Å². The zero-order chi connectivity index (χ0) is 23.4. The van der Waals surface area contributed by atoms with Crippen LogP contribution in [0.1, 0.15) is 52.7 Å². The molecule has 0 radical (unpaired) electrons. The Bertz CT molecular complexity index is 982. The molecule has 0 bridgehead atoms. The number of fused-ring (bicyclic) bond motifs is 3. The van der Waals surface area contributed by atoms with E-state index in [9.17, 15) is 0 Å². The van der Waals surface area contributed by atoms with E-state index in [1.807, 2.05) is 0 Å². The molecule has 2 aromatic rings. The predicted molar refractivity (Wildman–Crippen MR) is 148 cm³/mol. The summed E-state index contributed by atoms with van der Waals surface area (Å²) < 4.78 is 15.0. The molecule has 0 heterocycles. The molecule has 1 aliphatic carbocycles. The van der Waals surface area contributed by atoms with Crippen LogP contribution in [0.4, 0.5) is 0 Å². The molecule has 0 aromatic heterocycles. The molecule has 0 fully saturated rings. The first-order valence-corrected chi connectivity index (χ1v) is 18.3. The molecule has 0 atom stereocenters. The van der Waals surface area contributed by atoms with Gasteiger partial charge in [-0.05, 0) is 94.5 Å². The second-order valence-electron chi connectivity index (χ2n) is 11.9. The third-order valence-electron chi connectivity index (χ3n) is 7.58. The van der Waals surface area contributed by atoms with E-state index in [4.69, 9.17) is 8.85 Å². The van der Waals surface area contributed by atoms with Gasteiger partial charge in [0.25, 0.3) is 16.6 Å². The Morgan fingerprint density at radius 2 is 1.32 bits per heavy atom. The van der Waals surface area contributed by atoms with Gasteiger partial charge in [-0.3, -0.25) is 0 Å². The summed E-state index contributed by atoms with van der Waals surface area (Å²) in [5, 5.41) is 0.288. The van der Waals surface area contributed by atoms with Crippen LogP contribution in [0.2, 0.25) is 36.3 Å². The van der Waals surface area contributed by atoms with Crippen molar-refractivity contribution in [3.63, 3.8) is 0 Å². The van der Waals surface area contributed by atoms with E-state index in [-0.39, 0.29) is 10.1 Å². The van der Waals surface area contributed by atoms with E-state index in [1.54, 1.807) is 0 Å². The summed E-state index contributed by atoms with van der Waals surface area (Å²) in [6.07, 6.45) is 2.09. The average molecular weight is 567 g/mol. The summed E-state index contributed by atoms with van der Waals surface area (Å²) in [6, 6.07) is 11.1. The van der Waals surface area contributed by atoms with Crippen LogP contribution >= 0.6 is 22.6 Å². The lowest BCUT2D eigenvalue weighted by molar-refractivity contribution is 0.466. The fourth-order valence-electron chi connectivity index (χ4n) is 3.41. The van der Waals surface area contributed by atoms with Gasteiger partial charge in [-0.2, -0.15) is 0 Å². The van der Waals surface area contributed by atoms with E-state index in [2.05, 4.69) is 121 Å². The highest BCUT2D eigenvalue weighted by Crippen LogP contribution is 2.49. The minimum Gasteiger partial charge on any atom is -0.543 e. The molecule has 170 valence electrons. The Balaban J connectivity index is 2.23. The van der Waals surface area contributed by atoms with Crippen molar-refractivity contribution in [2.75, 3.05) is 0 Å². The molecule has 0 spiro atoms. The van der Waals surface area contributed by atoms with Gasteiger partial charge in [0.1, 0.15) is 11.5 Å². The van der Waals surface area contributed by atoms with Crippen molar-refractivity contribution < 1.29 is 8.85 Å².